The van der Waals surface area contributed by atoms with E-state index in [4.69, 9.17) is 10.2 Å². The van der Waals surface area contributed by atoms with Crippen LogP contribution in [-0.4, -0.2) is 36.6 Å². The molecule has 0 atom stereocenters. The third-order valence-corrected chi connectivity index (χ3v) is 1.36. The minimum Gasteiger partial charge on any atom is -0.786 e. The van der Waals surface area contributed by atoms with Crippen LogP contribution in [0.4, 0.5) is 0 Å². The summed E-state index contributed by atoms with van der Waals surface area (Å²) in [6.45, 7) is -0.408. The van der Waals surface area contributed by atoms with Crippen molar-refractivity contribution in [3.8, 4) is 0 Å². The predicted octanol–water partition coefficient (Wildman–Crippen LogP) is -4.40. The van der Waals surface area contributed by atoms with E-state index in [0.717, 1.165) is 0 Å². The van der Waals surface area contributed by atoms with Gasteiger partial charge in [0, 0.05) is 0 Å². The topological polar surface area (TPSA) is 82.0 Å². The summed E-state index contributed by atoms with van der Waals surface area (Å²) in [4.78, 5) is 10.4. The van der Waals surface area contributed by atoms with E-state index in [9.17, 15) is 4.89 Å². The van der Waals surface area contributed by atoms with Crippen molar-refractivity contribution in [1.82, 2.24) is 0 Å². The molecule has 0 saturated heterocycles. The van der Waals surface area contributed by atoms with Gasteiger partial charge in [0.2, 0.25) is 0 Å². The number of hydrogen-bond acceptors (Lipinski definition) is 5. The Morgan fingerprint density at radius 1 is 1.09 bits per heavy atom. The van der Waals surface area contributed by atoms with Crippen molar-refractivity contribution >= 4 is 8.60 Å². The third-order valence-electron chi connectivity index (χ3n) is 0.576. The number of hydrogen-bond donors (Lipinski definition) is 2. The Morgan fingerprint density at radius 2 is 1.45 bits per heavy atom. The molecule has 0 radical (unpaired) electrons. The molecule has 0 spiro atoms. The maximum atomic E-state index is 10.4. The fraction of sp³-hybridized carbons (Fsp3) is 1.00. The summed E-state index contributed by atoms with van der Waals surface area (Å²) in [6.07, 6.45) is 0. The Balaban J connectivity index is 0. The van der Waals surface area contributed by atoms with Crippen LogP contribution in [0.2, 0.25) is 0 Å². The van der Waals surface area contributed by atoms with Gasteiger partial charge in [-0.1, -0.05) is 0 Å². The van der Waals surface area contributed by atoms with Gasteiger partial charge in [-0.05, 0) is 0 Å². The smallest absolute Gasteiger partial charge is 0.786 e. The van der Waals surface area contributed by atoms with E-state index in [0.29, 0.717) is 0 Å². The van der Waals surface area contributed by atoms with Crippen LogP contribution >= 0.6 is 8.60 Å². The first-order chi connectivity index (χ1) is 4.81. The molecule has 11 heavy (non-hydrogen) atoms. The van der Waals surface area contributed by atoms with E-state index >= 15 is 0 Å². The molecule has 0 heterocycles. The van der Waals surface area contributed by atoms with Crippen molar-refractivity contribution in [2.24, 2.45) is 0 Å². The minimum atomic E-state index is -2.16. The molecule has 0 rings (SSSR count). The van der Waals surface area contributed by atoms with E-state index in [1.54, 1.807) is 0 Å². The fourth-order valence-corrected chi connectivity index (χ4v) is 0.804. The molecule has 0 aliphatic heterocycles. The standard InChI is InChI=1S/C4H10O5P.Na/c5-1-3-8-10(7)9-4-2-6;/h5-6H,1-4H2;/q-1;+1. The van der Waals surface area contributed by atoms with Gasteiger partial charge in [0.1, 0.15) is 0 Å². The molecule has 5 nitrogen and oxygen atoms in total. The summed E-state index contributed by atoms with van der Waals surface area (Å²) in [7, 11) is -2.16. The van der Waals surface area contributed by atoms with Gasteiger partial charge < -0.3 is 24.2 Å². The number of rotatable bonds is 6. The number of aliphatic hydroxyl groups excluding tert-OH is 2. The summed E-state index contributed by atoms with van der Waals surface area (Å²) < 4.78 is 8.84. The van der Waals surface area contributed by atoms with Crippen LogP contribution in [0.15, 0.2) is 0 Å². The van der Waals surface area contributed by atoms with Gasteiger partial charge in [0.05, 0.1) is 35.0 Å². The second-order valence-electron chi connectivity index (χ2n) is 1.34. The minimum absolute atomic E-state index is 0. The van der Waals surface area contributed by atoms with Gasteiger partial charge in [0.15, 0.2) is 0 Å². The monoisotopic (exact) mass is 192 g/mol. The maximum absolute atomic E-state index is 10.4. The van der Waals surface area contributed by atoms with Crippen LogP contribution < -0.4 is 34.5 Å². The molecule has 0 unspecified atom stereocenters. The second kappa shape index (κ2) is 11.2. The Kier molecular flexibility index (Phi) is 15.0. The first-order valence-electron chi connectivity index (χ1n) is 2.76. The molecular weight excluding hydrogens is 182 g/mol. The van der Waals surface area contributed by atoms with Gasteiger partial charge in [-0.3, -0.25) is 0 Å². The second-order valence-corrected chi connectivity index (χ2v) is 2.30. The largest absolute Gasteiger partial charge is 1.00 e. The molecular formula is C4H10NaO5P. The average Bonchev–Trinajstić information content (AvgIpc) is 1.97. The van der Waals surface area contributed by atoms with Crippen LogP contribution in [0.5, 0.6) is 0 Å². The molecule has 7 heteroatoms. The summed E-state index contributed by atoms with van der Waals surface area (Å²) in [6, 6.07) is 0. The van der Waals surface area contributed by atoms with Crippen molar-refractivity contribution in [3.63, 3.8) is 0 Å². The molecule has 0 amide bonds. The molecule has 0 fully saturated rings. The zero-order valence-corrected chi connectivity index (χ0v) is 9.29. The Labute approximate surface area is 88.6 Å². The molecule has 0 aromatic rings. The van der Waals surface area contributed by atoms with E-state index < -0.39 is 8.60 Å². The average molecular weight is 192 g/mol. The van der Waals surface area contributed by atoms with Crippen molar-refractivity contribution in [2.75, 3.05) is 26.4 Å². The van der Waals surface area contributed by atoms with Crippen LogP contribution in [0.25, 0.3) is 0 Å². The van der Waals surface area contributed by atoms with Gasteiger partial charge in [0.25, 0.3) is 0 Å². The Bertz CT molecular complexity index is 67.5. The van der Waals surface area contributed by atoms with Gasteiger partial charge >= 0.3 is 29.6 Å². The summed E-state index contributed by atoms with van der Waals surface area (Å²) >= 11 is 0. The molecule has 0 aliphatic carbocycles. The van der Waals surface area contributed by atoms with Crippen molar-refractivity contribution in [3.05, 3.63) is 0 Å². The molecule has 0 bridgehead atoms. The van der Waals surface area contributed by atoms with Crippen molar-refractivity contribution in [2.45, 2.75) is 0 Å². The molecule has 0 aromatic heterocycles. The van der Waals surface area contributed by atoms with Crippen LogP contribution in [0, 0.1) is 0 Å². The number of aliphatic hydroxyl groups is 2. The zero-order valence-electron chi connectivity index (χ0n) is 6.39. The Morgan fingerprint density at radius 3 is 1.73 bits per heavy atom. The van der Waals surface area contributed by atoms with Crippen LogP contribution in [-0.2, 0) is 9.05 Å². The SMILES string of the molecule is [Na+].[O-]P(OCCO)OCCO. The van der Waals surface area contributed by atoms with E-state index in [-0.39, 0.29) is 56.0 Å². The fourth-order valence-electron chi connectivity index (χ4n) is 0.268. The quantitative estimate of drug-likeness (QED) is 0.328. The molecule has 62 valence electrons. The zero-order chi connectivity index (χ0) is 7.82. The molecule has 0 aromatic carbocycles. The molecule has 0 saturated carbocycles. The van der Waals surface area contributed by atoms with Crippen molar-refractivity contribution in [1.29, 1.82) is 0 Å². The summed E-state index contributed by atoms with van der Waals surface area (Å²) in [5.41, 5.74) is 0. The Hall–Kier alpha value is 1.23. The van der Waals surface area contributed by atoms with E-state index in [2.05, 4.69) is 9.05 Å². The van der Waals surface area contributed by atoms with Gasteiger partial charge in [-0.2, -0.15) is 0 Å². The van der Waals surface area contributed by atoms with Crippen LogP contribution in [0.1, 0.15) is 0 Å². The predicted molar refractivity (Wildman–Crippen MR) is 33.0 cm³/mol. The van der Waals surface area contributed by atoms with E-state index in [1.807, 2.05) is 0 Å². The van der Waals surface area contributed by atoms with Gasteiger partial charge in [-0.15, -0.1) is 0 Å². The first-order valence-corrected chi connectivity index (χ1v) is 3.85. The van der Waals surface area contributed by atoms with Gasteiger partial charge in [-0.25, -0.2) is 0 Å². The molecule has 2 N–H and O–H groups in total. The summed E-state index contributed by atoms with van der Waals surface area (Å²) in [5.74, 6) is 0. The normalized spacial score (nSPS) is 9.82. The van der Waals surface area contributed by atoms with Crippen molar-refractivity contribution < 1.29 is 53.7 Å². The van der Waals surface area contributed by atoms with Crippen LogP contribution in [0.3, 0.4) is 0 Å². The maximum Gasteiger partial charge on any atom is 1.00 e. The third kappa shape index (κ3) is 11.2. The molecule has 0 aliphatic rings. The van der Waals surface area contributed by atoms with E-state index in [1.165, 1.54) is 0 Å². The first kappa shape index (κ1) is 14.7. The summed E-state index contributed by atoms with van der Waals surface area (Å²) in [5, 5.41) is 16.4.